The van der Waals surface area contributed by atoms with Crippen molar-refractivity contribution >= 4 is 22.8 Å². The Bertz CT molecular complexity index is 846. The van der Waals surface area contributed by atoms with Gasteiger partial charge in [0, 0.05) is 25.5 Å². The number of halogens is 3. The number of furan rings is 1. The first-order chi connectivity index (χ1) is 13.1. The van der Waals surface area contributed by atoms with Gasteiger partial charge in [0.15, 0.2) is 0 Å². The third kappa shape index (κ3) is 3.99. The zero-order valence-electron chi connectivity index (χ0n) is 15.4. The Morgan fingerprint density at radius 1 is 1.32 bits per heavy atom. The molecule has 9 heteroatoms. The molecule has 0 saturated carbocycles. The van der Waals surface area contributed by atoms with E-state index in [1.807, 2.05) is 24.3 Å². The number of fused-ring (bicyclic) bond motifs is 1. The summed E-state index contributed by atoms with van der Waals surface area (Å²) in [5.41, 5.74) is 0.682. The number of alkyl halides is 3. The summed E-state index contributed by atoms with van der Waals surface area (Å²) in [4.78, 5) is 26.4. The number of para-hydroxylation sites is 1. The fourth-order valence-electron chi connectivity index (χ4n) is 3.51. The number of hydrogen-bond donors (Lipinski definition) is 1. The summed E-state index contributed by atoms with van der Waals surface area (Å²) in [7, 11) is 1.55. The van der Waals surface area contributed by atoms with E-state index in [1.165, 1.54) is 9.80 Å². The third-order valence-corrected chi connectivity index (χ3v) is 5.32. The molecule has 1 amide bonds. The predicted molar refractivity (Wildman–Crippen MR) is 94.5 cm³/mol. The number of carbonyl (C=O) groups is 2. The second-order valence-corrected chi connectivity index (χ2v) is 7.15. The zero-order chi connectivity index (χ0) is 20.6. The molecule has 1 aliphatic heterocycles. The normalized spacial score (nSPS) is 21.8. The van der Waals surface area contributed by atoms with Crippen LogP contribution in [0.25, 0.3) is 11.0 Å². The number of amides is 1. The number of hydrogen-bond acceptors (Lipinski definition) is 4. The maximum atomic E-state index is 13.1. The summed E-state index contributed by atoms with van der Waals surface area (Å²) < 4.78 is 45.0. The summed E-state index contributed by atoms with van der Waals surface area (Å²) in [5.74, 6) is -4.88. The van der Waals surface area contributed by atoms with Crippen LogP contribution in [0.4, 0.5) is 13.2 Å². The zero-order valence-corrected chi connectivity index (χ0v) is 15.4. The molecule has 1 fully saturated rings. The fourth-order valence-corrected chi connectivity index (χ4v) is 3.51. The molecule has 3 atom stereocenters. The van der Waals surface area contributed by atoms with Gasteiger partial charge < -0.3 is 14.4 Å². The van der Waals surface area contributed by atoms with Gasteiger partial charge in [0.25, 0.3) is 0 Å². The summed E-state index contributed by atoms with van der Waals surface area (Å²) >= 11 is 0. The van der Waals surface area contributed by atoms with Crippen LogP contribution in [0.3, 0.4) is 0 Å². The van der Waals surface area contributed by atoms with Crippen molar-refractivity contribution in [2.24, 2.45) is 11.8 Å². The molecule has 3 rings (SSSR count). The average molecular weight is 398 g/mol. The second-order valence-electron chi connectivity index (χ2n) is 7.15. The maximum absolute atomic E-state index is 13.1. The Kier molecular flexibility index (Phi) is 5.38. The van der Waals surface area contributed by atoms with E-state index in [-0.39, 0.29) is 13.1 Å². The standard InChI is InChI=1S/C19H21F3N2O4/c1-11(16-7-12-5-3-4-6-15(12)28-16)23(2)17(25)10-24-8-13(18(26)27)14(9-24)19(20,21)22/h3-7,11,13-14H,8-10H2,1-2H3,(H,26,27)/t11?,13-,14-/m1/s1. The molecule has 1 saturated heterocycles. The van der Waals surface area contributed by atoms with Gasteiger partial charge in [-0.1, -0.05) is 18.2 Å². The number of nitrogens with zero attached hydrogens (tertiary/aromatic N) is 2. The highest BCUT2D eigenvalue weighted by molar-refractivity contribution is 5.80. The quantitative estimate of drug-likeness (QED) is 0.838. The lowest BCUT2D eigenvalue weighted by Crippen LogP contribution is -2.39. The van der Waals surface area contributed by atoms with Gasteiger partial charge in [-0.3, -0.25) is 14.5 Å². The first kappa shape index (κ1) is 20.2. The molecule has 0 spiro atoms. The number of carbonyl (C=O) groups excluding carboxylic acids is 1. The van der Waals surface area contributed by atoms with Crippen LogP contribution in [0.15, 0.2) is 34.7 Å². The number of rotatable bonds is 5. The van der Waals surface area contributed by atoms with E-state index in [0.717, 1.165) is 5.39 Å². The van der Waals surface area contributed by atoms with Gasteiger partial charge in [-0.05, 0) is 19.1 Å². The van der Waals surface area contributed by atoms with Crippen LogP contribution in [0.2, 0.25) is 0 Å². The van der Waals surface area contributed by atoms with Crippen molar-refractivity contribution in [3.63, 3.8) is 0 Å². The Hall–Kier alpha value is -2.55. The van der Waals surface area contributed by atoms with E-state index in [1.54, 1.807) is 20.0 Å². The number of benzene rings is 1. The van der Waals surface area contributed by atoms with Gasteiger partial charge in [-0.25, -0.2) is 0 Å². The SMILES string of the molecule is CC(c1cc2ccccc2o1)N(C)C(=O)CN1C[C@@H](C(F)(F)F)[C@H](C(=O)O)C1. The fraction of sp³-hybridized carbons (Fsp3) is 0.474. The second kappa shape index (κ2) is 7.46. The largest absolute Gasteiger partial charge is 0.481 e. The summed E-state index contributed by atoms with van der Waals surface area (Å²) in [5, 5.41) is 9.97. The van der Waals surface area contributed by atoms with Gasteiger partial charge >= 0.3 is 12.1 Å². The number of likely N-dealkylation sites (N-methyl/N-ethyl adjacent to an activating group) is 1. The van der Waals surface area contributed by atoms with E-state index in [4.69, 9.17) is 9.52 Å². The molecule has 2 aromatic rings. The highest BCUT2D eigenvalue weighted by Crippen LogP contribution is 2.37. The topological polar surface area (TPSA) is 74.0 Å². The summed E-state index contributed by atoms with van der Waals surface area (Å²) in [6, 6.07) is 8.78. The van der Waals surface area contributed by atoms with Crippen molar-refractivity contribution < 1.29 is 32.3 Å². The minimum absolute atomic E-state index is 0.280. The molecule has 0 radical (unpaired) electrons. The van der Waals surface area contributed by atoms with E-state index >= 15 is 0 Å². The minimum Gasteiger partial charge on any atom is -0.481 e. The highest BCUT2D eigenvalue weighted by atomic mass is 19.4. The van der Waals surface area contributed by atoms with E-state index in [9.17, 15) is 22.8 Å². The molecule has 28 heavy (non-hydrogen) atoms. The first-order valence-corrected chi connectivity index (χ1v) is 8.84. The number of aliphatic carboxylic acids is 1. The molecule has 1 unspecified atom stereocenters. The Morgan fingerprint density at radius 3 is 2.57 bits per heavy atom. The molecule has 0 bridgehead atoms. The Labute approximate surface area is 159 Å². The minimum atomic E-state index is -4.62. The number of carboxylic acids is 1. The number of carboxylic acid groups (broad SMARTS) is 1. The van der Waals surface area contributed by atoms with Gasteiger partial charge in [0.05, 0.1) is 24.4 Å². The molecule has 2 heterocycles. The van der Waals surface area contributed by atoms with Crippen LogP contribution in [-0.4, -0.2) is 59.6 Å². The van der Waals surface area contributed by atoms with E-state index in [2.05, 4.69) is 0 Å². The van der Waals surface area contributed by atoms with Crippen molar-refractivity contribution in [1.82, 2.24) is 9.80 Å². The molecular weight excluding hydrogens is 377 g/mol. The molecular formula is C19H21F3N2O4. The third-order valence-electron chi connectivity index (χ3n) is 5.32. The van der Waals surface area contributed by atoms with Crippen LogP contribution in [0, 0.1) is 11.8 Å². The van der Waals surface area contributed by atoms with Crippen molar-refractivity contribution in [3.8, 4) is 0 Å². The van der Waals surface area contributed by atoms with Gasteiger partial charge in [0.2, 0.25) is 5.91 Å². The van der Waals surface area contributed by atoms with Gasteiger partial charge in [0.1, 0.15) is 11.3 Å². The predicted octanol–water partition coefficient (Wildman–Crippen LogP) is 3.15. The molecule has 1 N–H and O–H groups in total. The van der Waals surface area contributed by atoms with Crippen LogP contribution in [0.1, 0.15) is 18.7 Å². The van der Waals surface area contributed by atoms with Crippen molar-refractivity contribution in [2.45, 2.75) is 19.1 Å². The van der Waals surface area contributed by atoms with Crippen molar-refractivity contribution in [1.29, 1.82) is 0 Å². The molecule has 6 nitrogen and oxygen atoms in total. The number of likely N-dealkylation sites (tertiary alicyclic amines) is 1. The maximum Gasteiger partial charge on any atom is 0.393 e. The lowest BCUT2D eigenvalue weighted by molar-refractivity contribution is -0.188. The first-order valence-electron chi connectivity index (χ1n) is 8.84. The molecule has 1 aromatic heterocycles. The van der Waals surface area contributed by atoms with Gasteiger partial charge in [-0.15, -0.1) is 0 Å². The van der Waals surface area contributed by atoms with E-state index in [0.29, 0.717) is 11.3 Å². The molecule has 1 aromatic carbocycles. The monoisotopic (exact) mass is 398 g/mol. The van der Waals surface area contributed by atoms with Crippen molar-refractivity contribution in [3.05, 3.63) is 36.1 Å². The Balaban J connectivity index is 1.67. The molecule has 1 aliphatic rings. The Morgan fingerprint density at radius 2 is 2.00 bits per heavy atom. The van der Waals surface area contributed by atoms with Gasteiger partial charge in [-0.2, -0.15) is 13.2 Å². The smallest absolute Gasteiger partial charge is 0.393 e. The summed E-state index contributed by atoms with van der Waals surface area (Å²) in [6.07, 6.45) is -4.62. The van der Waals surface area contributed by atoms with Crippen molar-refractivity contribution in [2.75, 3.05) is 26.7 Å². The van der Waals surface area contributed by atoms with Crippen LogP contribution in [0.5, 0.6) is 0 Å². The summed E-state index contributed by atoms with van der Waals surface area (Å²) in [6.45, 7) is 0.673. The lowest BCUT2D eigenvalue weighted by Gasteiger charge is -2.26. The van der Waals surface area contributed by atoms with Crippen LogP contribution >= 0.6 is 0 Å². The average Bonchev–Trinajstić information content (AvgIpc) is 3.24. The van der Waals surface area contributed by atoms with E-state index < -0.39 is 42.5 Å². The lowest BCUT2D eigenvalue weighted by atomic mass is 9.96. The molecule has 152 valence electrons. The molecule has 0 aliphatic carbocycles. The highest BCUT2D eigenvalue weighted by Gasteiger charge is 2.52. The van der Waals surface area contributed by atoms with Crippen LogP contribution in [-0.2, 0) is 9.59 Å². The van der Waals surface area contributed by atoms with Crippen LogP contribution < -0.4 is 0 Å².